The third kappa shape index (κ3) is 4.83. The van der Waals surface area contributed by atoms with Crippen LogP contribution in [0.4, 0.5) is 0 Å². The monoisotopic (exact) mass is 358 g/mol. The fraction of sp³-hybridized carbons (Fsp3) is 0.300. The molecule has 0 aromatic heterocycles. The first kappa shape index (κ1) is 19.0. The molecule has 2 amide bonds. The Balaban J connectivity index is 2.44. The minimum absolute atomic E-state index is 0.0765. The van der Waals surface area contributed by atoms with E-state index in [-0.39, 0.29) is 17.7 Å². The summed E-state index contributed by atoms with van der Waals surface area (Å²) in [6, 6.07) is 16.0. The number of nitrogens with one attached hydrogen (secondary N) is 1. The summed E-state index contributed by atoms with van der Waals surface area (Å²) in [5.41, 5.74) is 1.70. The smallest absolute Gasteiger partial charge is 0.247 e. The lowest BCUT2D eigenvalue weighted by Crippen LogP contribution is -2.44. The molecule has 0 bridgehead atoms. The molecule has 1 N–H and O–H groups in total. The number of rotatable bonds is 6. The van der Waals surface area contributed by atoms with Crippen LogP contribution in [-0.4, -0.2) is 23.8 Å². The predicted molar refractivity (Wildman–Crippen MR) is 100 cm³/mol. The Bertz CT molecular complexity index is 714. The van der Waals surface area contributed by atoms with E-state index in [9.17, 15) is 9.59 Å². The van der Waals surface area contributed by atoms with E-state index in [4.69, 9.17) is 11.6 Å². The van der Waals surface area contributed by atoms with Crippen molar-refractivity contribution in [3.8, 4) is 0 Å². The van der Waals surface area contributed by atoms with Gasteiger partial charge in [-0.05, 0) is 23.3 Å². The van der Waals surface area contributed by atoms with Crippen LogP contribution in [0.5, 0.6) is 0 Å². The highest BCUT2D eigenvalue weighted by atomic mass is 35.5. The Morgan fingerprint density at radius 2 is 1.64 bits per heavy atom. The van der Waals surface area contributed by atoms with Crippen molar-refractivity contribution in [1.82, 2.24) is 10.2 Å². The molecule has 2 rings (SSSR count). The molecule has 1 atom stereocenters. The molecule has 0 saturated carbocycles. The summed E-state index contributed by atoms with van der Waals surface area (Å²) in [5, 5.41) is 3.31. The summed E-state index contributed by atoms with van der Waals surface area (Å²) < 4.78 is 0. The molecule has 5 heteroatoms. The average molecular weight is 359 g/mol. The van der Waals surface area contributed by atoms with Crippen molar-refractivity contribution in [3.05, 3.63) is 70.7 Å². The van der Waals surface area contributed by atoms with E-state index < -0.39 is 6.04 Å². The van der Waals surface area contributed by atoms with E-state index in [1.807, 2.05) is 56.3 Å². The van der Waals surface area contributed by atoms with Crippen LogP contribution in [0.1, 0.15) is 31.0 Å². The van der Waals surface area contributed by atoms with Crippen molar-refractivity contribution < 1.29 is 9.59 Å². The Morgan fingerprint density at radius 1 is 1.04 bits per heavy atom. The van der Waals surface area contributed by atoms with Crippen molar-refractivity contribution >= 4 is 23.4 Å². The zero-order chi connectivity index (χ0) is 18.4. The summed E-state index contributed by atoms with van der Waals surface area (Å²) in [7, 11) is 1.58. The molecule has 0 saturated heterocycles. The summed E-state index contributed by atoms with van der Waals surface area (Å²) in [6.45, 7) is 4.01. The first-order chi connectivity index (χ1) is 11.9. The van der Waals surface area contributed by atoms with Crippen LogP contribution < -0.4 is 5.32 Å². The zero-order valence-corrected chi connectivity index (χ0v) is 15.5. The quantitative estimate of drug-likeness (QED) is 0.853. The number of hydrogen-bond donors (Lipinski definition) is 1. The number of carbonyl (C=O) groups is 2. The van der Waals surface area contributed by atoms with Crippen LogP contribution in [0.3, 0.4) is 0 Å². The van der Waals surface area contributed by atoms with Crippen LogP contribution in [0.15, 0.2) is 54.6 Å². The number of hydrogen-bond acceptors (Lipinski definition) is 2. The Morgan fingerprint density at radius 3 is 2.16 bits per heavy atom. The molecule has 0 unspecified atom stereocenters. The molecular weight excluding hydrogens is 336 g/mol. The summed E-state index contributed by atoms with van der Waals surface area (Å²) in [6.07, 6.45) is 0. The fourth-order valence-electron chi connectivity index (χ4n) is 2.66. The first-order valence-electron chi connectivity index (χ1n) is 8.25. The number of carbonyl (C=O) groups excluding carboxylic acids is 2. The van der Waals surface area contributed by atoms with Gasteiger partial charge in [0.15, 0.2) is 0 Å². The van der Waals surface area contributed by atoms with Crippen LogP contribution in [0, 0.1) is 5.92 Å². The lowest BCUT2D eigenvalue weighted by molar-refractivity contribution is -0.143. The molecule has 0 radical (unpaired) electrons. The summed E-state index contributed by atoms with van der Waals surface area (Å²) in [4.78, 5) is 27.1. The molecule has 0 aliphatic rings. The second-order valence-corrected chi connectivity index (χ2v) is 6.61. The highest BCUT2D eigenvalue weighted by Gasteiger charge is 2.31. The van der Waals surface area contributed by atoms with Gasteiger partial charge in [-0.3, -0.25) is 9.59 Å². The van der Waals surface area contributed by atoms with Gasteiger partial charge in [0.2, 0.25) is 11.8 Å². The van der Waals surface area contributed by atoms with Gasteiger partial charge in [0.1, 0.15) is 6.04 Å². The van der Waals surface area contributed by atoms with Gasteiger partial charge in [-0.25, -0.2) is 0 Å². The standard InChI is InChI=1S/C20H23ClN2O2/c1-14(2)20(25)23(13-15-9-11-17(21)12-10-15)18(19(24)22-3)16-7-5-4-6-8-16/h4-12,14,18H,13H2,1-3H3,(H,22,24)/t18-/m0/s1. The second kappa shape index (κ2) is 8.67. The van der Waals surface area contributed by atoms with E-state index in [0.29, 0.717) is 11.6 Å². The Labute approximate surface area is 153 Å². The van der Waals surface area contributed by atoms with Crippen LogP contribution in [0.2, 0.25) is 5.02 Å². The lowest BCUT2D eigenvalue weighted by atomic mass is 10.0. The van der Waals surface area contributed by atoms with Gasteiger partial charge < -0.3 is 10.2 Å². The topological polar surface area (TPSA) is 49.4 Å². The van der Waals surface area contributed by atoms with Crippen LogP contribution in [0.25, 0.3) is 0 Å². The van der Waals surface area contributed by atoms with Gasteiger partial charge >= 0.3 is 0 Å². The zero-order valence-electron chi connectivity index (χ0n) is 14.7. The predicted octanol–water partition coefficient (Wildman–Crippen LogP) is 3.81. The molecule has 0 heterocycles. The number of likely N-dealkylation sites (N-methyl/N-ethyl adjacent to an activating group) is 1. The minimum atomic E-state index is -0.684. The highest BCUT2D eigenvalue weighted by molar-refractivity contribution is 6.30. The van der Waals surface area contributed by atoms with Crippen molar-refractivity contribution in [2.75, 3.05) is 7.05 Å². The van der Waals surface area contributed by atoms with E-state index in [2.05, 4.69) is 5.32 Å². The van der Waals surface area contributed by atoms with Gasteiger partial charge in [0.05, 0.1) is 0 Å². The van der Waals surface area contributed by atoms with E-state index in [0.717, 1.165) is 11.1 Å². The Hall–Kier alpha value is -2.33. The van der Waals surface area contributed by atoms with E-state index >= 15 is 0 Å². The largest absolute Gasteiger partial charge is 0.357 e. The van der Waals surface area contributed by atoms with Crippen molar-refractivity contribution in [2.45, 2.75) is 26.4 Å². The van der Waals surface area contributed by atoms with Gasteiger partial charge in [-0.15, -0.1) is 0 Å². The SMILES string of the molecule is CNC(=O)[C@H](c1ccccc1)N(Cc1ccc(Cl)cc1)C(=O)C(C)C. The molecule has 0 spiro atoms. The number of nitrogens with zero attached hydrogens (tertiary/aromatic N) is 1. The van der Waals surface area contributed by atoms with Gasteiger partial charge in [-0.2, -0.15) is 0 Å². The highest BCUT2D eigenvalue weighted by Crippen LogP contribution is 2.25. The average Bonchev–Trinajstić information content (AvgIpc) is 2.62. The normalized spacial score (nSPS) is 11.9. The maximum absolute atomic E-state index is 12.9. The lowest BCUT2D eigenvalue weighted by Gasteiger charge is -2.32. The van der Waals surface area contributed by atoms with Gasteiger partial charge in [0.25, 0.3) is 0 Å². The molecule has 2 aromatic rings. The maximum Gasteiger partial charge on any atom is 0.247 e. The molecular formula is C20H23ClN2O2. The third-order valence-corrected chi connectivity index (χ3v) is 4.22. The Kier molecular flexibility index (Phi) is 6.59. The van der Waals surface area contributed by atoms with Crippen molar-refractivity contribution in [2.24, 2.45) is 5.92 Å². The number of amides is 2. The van der Waals surface area contributed by atoms with Crippen molar-refractivity contribution in [1.29, 1.82) is 0 Å². The van der Waals surface area contributed by atoms with Crippen LogP contribution >= 0.6 is 11.6 Å². The maximum atomic E-state index is 12.9. The van der Waals surface area contributed by atoms with E-state index in [1.165, 1.54) is 0 Å². The first-order valence-corrected chi connectivity index (χ1v) is 8.63. The molecule has 0 aliphatic heterocycles. The van der Waals surface area contributed by atoms with Crippen molar-refractivity contribution in [3.63, 3.8) is 0 Å². The molecule has 4 nitrogen and oxygen atoms in total. The fourth-order valence-corrected chi connectivity index (χ4v) is 2.79. The number of halogens is 1. The summed E-state index contributed by atoms with van der Waals surface area (Å²) in [5.74, 6) is -0.510. The van der Waals surface area contributed by atoms with Gasteiger partial charge in [0, 0.05) is 24.5 Å². The minimum Gasteiger partial charge on any atom is -0.357 e. The molecule has 2 aromatic carbocycles. The second-order valence-electron chi connectivity index (χ2n) is 6.17. The summed E-state index contributed by atoms with van der Waals surface area (Å²) >= 11 is 5.95. The molecule has 25 heavy (non-hydrogen) atoms. The number of benzene rings is 2. The molecule has 132 valence electrons. The van der Waals surface area contributed by atoms with Crippen LogP contribution in [-0.2, 0) is 16.1 Å². The van der Waals surface area contributed by atoms with Gasteiger partial charge in [-0.1, -0.05) is 67.9 Å². The third-order valence-electron chi connectivity index (χ3n) is 3.96. The van der Waals surface area contributed by atoms with E-state index in [1.54, 1.807) is 24.1 Å². The molecule has 0 fully saturated rings. The molecule has 0 aliphatic carbocycles.